The summed E-state index contributed by atoms with van der Waals surface area (Å²) in [6.07, 6.45) is 0.422. The molecular formula is C20H28FN3O2. The molecule has 0 radical (unpaired) electrons. The number of nitrogens with zero attached hydrogens (tertiary/aromatic N) is 3. The summed E-state index contributed by atoms with van der Waals surface area (Å²) < 4.78 is 19.8. The van der Waals surface area contributed by atoms with Crippen molar-refractivity contribution in [2.75, 3.05) is 31.1 Å². The first-order chi connectivity index (χ1) is 12.1. The minimum Gasteiger partial charge on any atom is -0.444 e. The third-order valence-electron chi connectivity index (χ3n) is 4.16. The second-order valence-electron chi connectivity index (χ2n) is 8.14. The topological polar surface area (TPSA) is 56.6 Å². The van der Waals surface area contributed by atoms with E-state index in [1.54, 1.807) is 4.90 Å². The number of hydrogen-bond donors (Lipinski definition) is 0. The highest BCUT2D eigenvalue weighted by Gasteiger charge is 2.27. The van der Waals surface area contributed by atoms with Crippen LogP contribution in [-0.4, -0.2) is 42.8 Å². The Bertz CT molecular complexity index is 696. The molecule has 0 aliphatic carbocycles. The van der Waals surface area contributed by atoms with E-state index in [4.69, 9.17) is 4.74 Å². The highest BCUT2D eigenvalue weighted by molar-refractivity contribution is 5.69. The average molecular weight is 361 g/mol. The summed E-state index contributed by atoms with van der Waals surface area (Å²) >= 11 is 0. The highest BCUT2D eigenvalue weighted by atomic mass is 19.1. The Labute approximate surface area is 155 Å². The first-order valence-corrected chi connectivity index (χ1v) is 9.06. The van der Waals surface area contributed by atoms with Gasteiger partial charge in [-0.2, -0.15) is 5.26 Å². The van der Waals surface area contributed by atoms with Gasteiger partial charge in [0.05, 0.1) is 5.69 Å². The molecule has 2 rings (SSSR count). The molecule has 26 heavy (non-hydrogen) atoms. The average Bonchev–Trinajstić information content (AvgIpc) is 2.52. The maximum atomic E-state index is 14.4. The third kappa shape index (κ3) is 5.10. The van der Waals surface area contributed by atoms with Crippen LogP contribution in [0, 0.1) is 23.1 Å². The molecule has 0 spiro atoms. The normalized spacial score (nSPS) is 15.2. The van der Waals surface area contributed by atoms with Crippen LogP contribution in [0.4, 0.5) is 14.9 Å². The van der Waals surface area contributed by atoms with E-state index in [0.717, 1.165) is 12.0 Å². The van der Waals surface area contributed by atoms with E-state index in [-0.39, 0.29) is 11.7 Å². The first kappa shape index (κ1) is 20.0. The van der Waals surface area contributed by atoms with Crippen LogP contribution in [0.25, 0.3) is 0 Å². The number of carbonyl (C=O) groups is 1. The molecule has 1 fully saturated rings. The number of hydrogen-bond acceptors (Lipinski definition) is 4. The predicted molar refractivity (Wildman–Crippen MR) is 99.7 cm³/mol. The van der Waals surface area contributed by atoms with Crippen LogP contribution < -0.4 is 4.90 Å². The lowest BCUT2D eigenvalue weighted by molar-refractivity contribution is 0.0240. The second kappa shape index (κ2) is 7.94. The molecule has 1 aromatic rings. The van der Waals surface area contributed by atoms with Crippen molar-refractivity contribution >= 4 is 11.8 Å². The quantitative estimate of drug-likeness (QED) is 0.818. The van der Waals surface area contributed by atoms with Crippen LogP contribution in [-0.2, 0) is 11.2 Å². The van der Waals surface area contributed by atoms with Crippen molar-refractivity contribution in [1.29, 1.82) is 5.26 Å². The summed E-state index contributed by atoms with van der Waals surface area (Å²) in [5, 5.41) is 9.37. The van der Waals surface area contributed by atoms with Gasteiger partial charge in [-0.25, -0.2) is 9.18 Å². The van der Waals surface area contributed by atoms with Gasteiger partial charge in [-0.3, -0.25) is 0 Å². The van der Waals surface area contributed by atoms with E-state index in [9.17, 15) is 14.4 Å². The Kier molecular flexibility index (Phi) is 6.12. The Hall–Kier alpha value is -2.29. The van der Waals surface area contributed by atoms with Gasteiger partial charge in [0, 0.05) is 26.2 Å². The van der Waals surface area contributed by atoms with Gasteiger partial charge in [-0.05, 0) is 50.8 Å². The minimum absolute atomic E-state index is 0.0724. The number of anilines is 1. The lowest BCUT2D eigenvalue weighted by Gasteiger charge is -2.37. The molecule has 1 aliphatic heterocycles. The number of carbonyl (C=O) groups excluding carboxylic acids is 1. The Balaban J connectivity index is 2.14. The summed E-state index contributed by atoms with van der Waals surface area (Å²) in [5.41, 5.74) is 1.05. The van der Waals surface area contributed by atoms with E-state index in [2.05, 4.69) is 13.8 Å². The Morgan fingerprint density at radius 2 is 1.88 bits per heavy atom. The van der Waals surface area contributed by atoms with Crippen molar-refractivity contribution in [2.24, 2.45) is 5.92 Å². The Morgan fingerprint density at radius 3 is 2.38 bits per heavy atom. The maximum absolute atomic E-state index is 14.4. The van der Waals surface area contributed by atoms with E-state index >= 15 is 0 Å². The molecule has 1 aromatic carbocycles. The number of nitriles is 1. The first-order valence-electron chi connectivity index (χ1n) is 9.06. The number of halogens is 1. The van der Waals surface area contributed by atoms with Crippen molar-refractivity contribution in [2.45, 2.75) is 46.6 Å². The monoisotopic (exact) mass is 361 g/mol. The second-order valence-corrected chi connectivity index (χ2v) is 8.14. The number of rotatable bonds is 3. The standard InChI is InChI=1S/C20H28FN3O2/c1-14(2)10-15-11-17(21)16(13-22)18(12-15)23-6-8-24(9-7-23)19(25)26-20(3,4)5/h11-12,14H,6-10H2,1-5H3. The van der Waals surface area contributed by atoms with Crippen molar-refractivity contribution in [3.05, 3.63) is 29.1 Å². The highest BCUT2D eigenvalue weighted by Crippen LogP contribution is 2.27. The van der Waals surface area contributed by atoms with Gasteiger partial charge in [0.2, 0.25) is 0 Å². The van der Waals surface area contributed by atoms with Gasteiger partial charge >= 0.3 is 6.09 Å². The fourth-order valence-corrected chi connectivity index (χ4v) is 3.05. The smallest absolute Gasteiger partial charge is 0.410 e. The van der Waals surface area contributed by atoms with Crippen LogP contribution >= 0.6 is 0 Å². The molecule has 0 N–H and O–H groups in total. The van der Waals surface area contributed by atoms with E-state index in [0.29, 0.717) is 37.8 Å². The van der Waals surface area contributed by atoms with Crippen LogP contribution in [0.2, 0.25) is 0 Å². The fourth-order valence-electron chi connectivity index (χ4n) is 3.05. The van der Waals surface area contributed by atoms with Crippen LogP contribution in [0.1, 0.15) is 45.7 Å². The molecule has 0 bridgehead atoms. The molecule has 0 saturated carbocycles. The minimum atomic E-state index is -0.531. The summed E-state index contributed by atoms with van der Waals surface area (Å²) in [6.45, 7) is 11.7. The van der Waals surface area contributed by atoms with Gasteiger partial charge in [0.15, 0.2) is 0 Å². The Morgan fingerprint density at radius 1 is 1.27 bits per heavy atom. The molecule has 142 valence electrons. The molecule has 6 heteroatoms. The summed E-state index contributed by atoms with van der Waals surface area (Å²) in [7, 11) is 0. The fraction of sp³-hybridized carbons (Fsp3) is 0.600. The zero-order valence-electron chi connectivity index (χ0n) is 16.3. The van der Waals surface area contributed by atoms with Crippen molar-refractivity contribution < 1.29 is 13.9 Å². The summed E-state index contributed by atoms with van der Waals surface area (Å²) in [6, 6.07) is 5.35. The molecule has 1 aliphatic rings. The van der Waals surface area contributed by atoms with E-state index in [1.807, 2.05) is 37.8 Å². The van der Waals surface area contributed by atoms with Gasteiger partial charge in [0.1, 0.15) is 23.1 Å². The number of ether oxygens (including phenoxy) is 1. The molecular weight excluding hydrogens is 333 g/mol. The van der Waals surface area contributed by atoms with E-state index < -0.39 is 11.4 Å². The predicted octanol–water partition coefficient (Wildman–Crippen LogP) is 3.95. The van der Waals surface area contributed by atoms with Gasteiger partial charge in [-0.15, -0.1) is 0 Å². The van der Waals surface area contributed by atoms with Gasteiger partial charge < -0.3 is 14.5 Å². The molecule has 0 atom stereocenters. The van der Waals surface area contributed by atoms with Crippen LogP contribution in [0.3, 0.4) is 0 Å². The number of amides is 1. The third-order valence-corrected chi connectivity index (χ3v) is 4.16. The van der Waals surface area contributed by atoms with Crippen molar-refractivity contribution in [3.63, 3.8) is 0 Å². The molecule has 1 heterocycles. The summed E-state index contributed by atoms with van der Waals surface area (Å²) in [4.78, 5) is 15.8. The SMILES string of the molecule is CC(C)Cc1cc(F)c(C#N)c(N2CCN(C(=O)OC(C)(C)C)CC2)c1. The lowest BCUT2D eigenvalue weighted by Crippen LogP contribution is -2.50. The van der Waals surface area contributed by atoms with Crippen LogP contribution in [0.5, 0.6) is 0 Å². The van der Waals surface area contributed by atoms with Gasteiger partial charge in [-0.1, -0.05) is 13.8 Å². The van der Waals surface area contributed by atoms with Crippen molar-refractivity contribution in [1.82, 2.24) is 4.90 Å². The largest absolute Gasteiger partial charge is 0.444 e. The number of benzene rings is 1. The zero-order valence-corrected chi connectivity index (χ0v) is 16.3. The molecule has 0 aromatic heterocycles. The zero-order chi connectivity index (χ0) is 19.5. The van der Waals surface area contributed by atoms with E-state index in [1.165, 1.54) is 6.07 Å². The van der Waals surface area contributed by atoms with Crippen LogP contribution in [0.15, 0.2) is 12.1 Å². The molecule has 1 saturated heterocycles. The van der Waals surface area contributed by atoms with Gasteiger partial charge in [0.25, 0.3) is 0 Å². The maximum Gasteiger partial charge on any atom is 0.410 e. The number of piperazine rings is 1. The molecule has 5 nitrogen and oxygen atoms in total. The molecule has 0 unspecified atom stereocenters. The molecule has 1 amide bonds. The lowest BCUT2D eigenvalue weighted by atomic mass is 9.99. The summed E-state index contributed by atoms with van der Waals surface area (Å²) in [5.74, 6) is -0.0746. The van der Waals surface area contributed by atoms with Crippen molar-refractivity contribution in [3.8, 4) is 6.07 Å².